The highest BCUT2D eigenvalue weighted by Gasteiger charge is 2.60. The van der Waals surface area contributed by atoms with Crippen LogP contribution in [-0.4, -0.2) is 53.2 Å². The molecule has 1 aromatic carbocycles. The average molecular weight is 367 g/mol. The zero-order valence-corrected chi connectivity index (χ0v) is 17.1. The highest BCUT2D eigenvalue weighted by molar-refractivity contribution is 6.69. The summed E-state index contributed by atoms with van der Waals surface area (Å²) in [6, 6.07) is 9.78. The number of hydrogen-bond donors (Lipinski definition) is 0. The molecule has 0 unspecified atom stereocenters. The monoisotopic (exact) mass is 366 g/mol. The third-order valence-corrected chi connectivity index (χ3v) is 5.37. The first-order valence-corrected chi connectivity index (χ1v) is 12.2. The lowest BCUT2D eigenvalue weighted by Crippen LogP contribution is -2.66. The Kier molecular flexibility index (Phi) is 6.56. The van der Waals surface area contributed by atoms with Gasteiger partial charge >= 0.3 is 0 Å². The van der Waals surface area contributed by atoms with Crippen LogP contribution in [0.4, 0.5) is 0 Å². The predicted molar refractivity (Wildman–Crippen MR) is 99.2 cm³/mol. The molecule has 2 rings (SSSR count). The first-order chi connectivity index (χ1) is 11.8. The van der Waals surface area contributed by atoms with Crippen molar-refractivity contribution in [3.8, 4) is 0 Å². The summed E-state index contributed by atoms with van der Waals surface area (Å²) in [5, 5.41) is 0. The zero-order chi connectivity index (χ0) is 18.7. The van der Waals surface area contributed by atoms with E-state index >= 15 is 0 Å². The molecule has 0 amide bonds. The largest absolute Gasteiger partial charge is 0.403 e. The maximum absolute atomic E-state index is 12.9. The van der Waals surface area contributed by atoms with Crippen molar-refractivity contribution in [2.24, 2.45) is 0 Å². The molecule has 0 aliphatic heterocycles. The summed E-state index contributed by atoms with van der Waals surface area (Å²) in [7, 11) is 1.13. The third kappa shape index (κ3) is 4.04. The second kappa shape index (κ2) is 8.10. The fourth-order valence-electron chi connectivity index (χ4n) is 3.76. The first kappa shape index (κ1) is 20.3. The van der Waals surface area contributed by atoms with E-state index in [4.69, 9.17) is 18.6 Å². The number of benzene rings is 1. The lowest BCUT2D eigenvalue weighted by molar-refractivity contribution is -0.218. The molecule has 0 saturated heterocycles. The van der Waals surface area contributed by atoms with Crippen LogP contribution < -0.4 is 0 Å². The van der Waals surface area contributed by atoms with Gasteiger partial charge in [0.25, 0.3) is 0 Å². The fourth-order valence-corrected chi connectivity index (χ4v) is 5.12. The molecule has 25 heavy (non-hydrogen) atoms. The molecule has 1 saturated carbocycles. The van der Waals surface area contributed by atoms with Crippen LogP contribution in [0.2, 0.25) is 19.6 Å². The van der Waals surface area contributed by atoms with Gasteiger partial charge in [-0.15, -0.1) is 0 Å². The average Bonchev–Trinajstić information content (AvgIpc) is 2.54. The summed E-state index contributed by atoms with van der Waals surface area (Å²) in [6.07, 6.45) is -1.29. The number of carbonyl (C=O) groups excluding carboxylic acids is 1. The predicted octanol–water partition coefficient (Wildman–Crippen LogP) is 3.14. The van der Waals surface area contributed by atoms with Crippen LogP contribution in [0, 0.1) is 0 Å². The fraction of sp³-hybridized carbons (Fsp3) is 0.632. The minimum atomic E-state index is -2.07. The highest BCUT2D eigenvalue weighted by atomic mass is 28.4. The summed E-state index contributed by atoms with van der Waals surface area (Å²) < 4.78 is 24.2. The summed E-state index contributed by atoms with van der Waals surface area (Å²) in [4.78, 5) is 12.9. The molecule has 1 aliphatic carbocycles. The zero-order valence-electron chi connectivity index (χ0n) is 16.1. The number of ether oxygens (including phenoxy) is 3. The van der Waals surface area contributed by atoms with Crippen molar-refractivity contribution in [3.63, 3.8) is 0 Å². The number of ketones is 1. The second-order valence-electron chi connectivity index (χ2n) is 7.31. The quantitative estimate of drug-likeness (QED) is 0.694. The number of Topliss-reactive ketones (excluding diaryl/α,β-unsaturated/α-hetero) is 1. The van der Waals surface area contributed by atoms with E-state index in [-0.39, 0.29) is 18.3 Å². The van der Waals surface area contributed by atoms with Gasteiger partial charge in [0.05, 0.1) is 6.10 Å². The lowest BCUT2D eigenvalue weighted by atomic mass is 9.73. The minimum Gasteiger partial charge on any atom is -0.403 e. The number of carbonyl (C=O) groups is 1. The van der Waals surface area contributed by atoms with Gasteiger partial charge in [0.1, 0.15) is 17.8 Å². The Morgan fingerprint density at radius 2 is 1.76 bits per heavy atom. The first-order valence-electron chi connectivity index (χ1n) is 8.75. The Hall–Kier alpha value is -1.05. The summed E-state index contributed by atoms with van der Waals surface area (Å²) in [5.41, 5.74) is -0.140. The van der Waals surface area contributed by atoms with Gasteiger partial charge in [-0.3, -0.25) is 4.79 Å². The molecule has 1 aliphatic rings. The molecular formula is C19H30O5Si. The molecule has 1 fully saturated rings. The van der Waals surface area contributed by atoms with Gasteiger partial charge in [0.15, 0.2) is 14.1 Å². The Labute approximate surface area is 151 Å². The lowest BCUT2D eigenvalue weighted by Gasteiger charge is -2.52. The van der Waals surface area contributed by atoms with Gasteiger partial charge in [-0.25, -0.2) is 0 Å². The van der Waals surface area contributed by atoms with Crippen molar-refractivity contribution < 1.29 is 23.4 Å². The maximum atomic E-state index is 12.9. The van der Waals surface area contributed by atoms with E-state index in [1.165, 1.54) is 0 Å². The van der Waals surface area contributed by atoms with Crippen LogP contribution in [0.25, 0.3) is 0 Å². The van der Waals surface area contributed by atoms with Crippen molar-refractivity contribution in [3.05, 3.63) is 35.9 Å². The number of hydrogen-bond acceptors (Lipinski definition) is 5. The van der Waals surface area contributed by atoms with E-state index in [9.17, 15) is 4.79 Å². The summed E-state index contributed by atoms with van der Waals surface area (Å²) in [5.74, 6) is -0.0173. The van der Waals surface area contributed by atoms with E-state index in [1.54, 1.807) is 14.2 Å². The van der Waals surface area contributed by atoms with Gasteiger partial charge in [-0.2, -0.15) is 0 Å². The van der Waals surface area contributed by atoms with Crippen LogP contribution in [-0.2, 0) is 29.0 Å². The Morgan fingerprint density at radius 1 is 1.12 bits per heavy atom. The van der Waals surface area contributed by atoms with Crippen LogP contribution in [0.1, 0.15) is 18.9 Å². The second-order valence-corrected chi connectivity index (χ2v) is 11.7. The summed E-state index contributed by atoms with van der Waals surface area (Å²) >= 11 is 0. The van der Waals surface area contributed by atoms with Crippen LogP contribution >= 0.6 is 0 Å². The molecule has 0 spiro atoms. The number of methoxy groups -OCH3 is 2. The van der Waals surface area contributed by atoms with Crippen LogP contribution in [0.3, 0.4) is 0 Å². The Morgan fingerprint density at radius 3 is 2.24 bits per heavy atom. The van der Waals surface area contributed by atoms with Crippen molar-refractivity contribution >= 4 is 14.1 Å². The van der Waals surface area contributed by atoms with E-state index in [2.05, 4.69) is 19.6 Å². The van der Waals surface area contributed by atoms with E-state index in [0.29, 0.717) is 6.61 Å². The van der Waals surface area contributed by atoms with Crippen molar-refractivity contribution in [2.75, 3.05) is 20.8 Å². The van der Waals surface area contributed by atoms with Gasteiger partial charge in [-0.1, -0.05) is 30.3 Å². The molecule has 0 heterocycles. The van der Waals surface area contributed by atoms with E-state index < -0.39 is 26.1 Å². The maximum Gasteiger partial charge on any atom is 0.185 e. The van der Waals surface area contributed by atoms with Crippen molar-refractivity contribution in [1.82, 2.24) is 0 Å². The molecule has 4 atom stereocenters. The molecule has 0 radical (unpaired) electrons. The van der Waals surface area contributed by atoms with Crippen LogP contribution in [0.15, 0.2) is 30.3 Å². The van der Waals surface area contributed by atoms with Crippen molar-refractivity contribution in [2.45, 2.75) is 56.9 Å². The molecule has 0 bridgehead atoms. The minimum absolute atomic E-state index is 0.0173. The standard InChI is InChI=1S/C19H30O5Si/c1-7-23-16-13-15(20)17(21-2)19(18(16)22-3,24-25(4,5)6)14-11-9-8-10-12-14/h8-12,16-18H,7,13H2,1-6H3/t16-,17-,18+,19-/m1/s1. The smallest absolute Gasteiger partial charge is 0.185 e. The molecule has 1 aromatic rings. The van der Waals surface area contributed by atoms with Gasteiger partial charge in [0, 0.05) is 27.2 Å². The molecule has 140 valence electrons. The molecule has 6 heteroatoms. The third-order valence-electron chi connectivity index (χ3n) is 4.42. The Balaban J connectivity index is 2.69. The van der Waals surface area contributed by atoms with Gasteiger partial charge in [0.2, 0.25) is 0 Å². The number of rotatable bonds is 7. The van der Waals surface area contributed by atoms with E-state index in [0.717, 1.165) is 5.56 Å². The van der Waals surface area contributed by atoms with E-state index in [1.807, 2.05) is 37.3 Å². The normalized spacial score (nSPS) is 30.5. The van der Waals surface area contributed by atoms with Gasteiger partial charge < -0.3 is 18.6 Å². The highest BCUT2D eigenvalue weighted by Crippen LogP contribution is 2.45. The molecular weight excluding hydrogens is 336 g/mol. The van der Waals surface area contributed by atoms with Crippen molar-refractivity contribution in [1.29, 1.82) is 0 Å². The molecule has 0 aromatic heterocycles. The Bertz CT molecular complexity index is 571. The molecule has 0 N–H and O–H groups in total. The van der Waals surface area contributed by atoms with Crippen LogP contribution in [0.5, 0.6) is 0 Å². The summed E-state index contributed by atoms with van der Waals surface area (Å²) in [6.45, 7) is 8.74. The SMILES string of the molecule is CCO[C@@H]1CC(=O)[C@@H](OC)[C@](O[Si](C)(C)C)(c2ccccc2)[C@H]1OC. The topological polar surface area (TPSA) is 54.0 Å². The van der Waals surface area contributed by atoms with Gasteiger partial charge in [-0.05, 0) is 32.1 Å². The molecule has 5 nitrogen and oxygen atoms in total.